The van der Waals surface area contributed by atoms with Gasteiger partial charge in [0, 0.05) is 50.9 Å². The summed E-state index contributed by atoms with van der Waals surface area (Å²) in [6.07, 6.45) is 0.0710. The van der Waals surface area contributed by atoms with Crippen LogP contribution in [0, 0.1) is 25.5 Å². The first-order valence-electron chi connectivity index (χ1n) is 10.8. The molecule has 1 aliphatic heterocycles. The maximum atomic E-state index is 13.7. The Bertz CT molecular complexity index is 1020. The summed E-state index contributed by atoms with van der Waals surface area (Å²) in [6.45, 7) is 6.29. The first kappa shape index (κ1) is 24.3. The SMILES string of the molecule is Cc1cccc(C)c1NC(=O)CN1CCN(C(=O)CCNC(=O)c2ccc(F)cc2F)CC1. The molecule has 2 aromatic carbocycles. The molecule has 2 aromatic rings. The average molecular weight is 459 g/mol. The van der Waals surface area contributed by atoms with Gasteiger partial charge in [0.2, 0.25) is 11.8 Å². The summed E-state index contributed by atoms with van der Waals surface area (Å²) >= 11 is 0. The Morgan fingerprint density at radius 1 is 0.970 bits per heavy atom. The highest BCUT2D eigenvalue weighted by atomic mass is 19.1. The number of halogens is 2. The van der Waals surface area contributed by atoms with Gasteiger partial charge in [-0.3, -0.25) is 19.3 Å². The van der Waals surface area contributed by atoms with Crippen molar-refractivity contribution in [2.45, 2.75) is 20.3 Å². The molecule has 0 aliphatic carbocycles. The second kappa shape index (κ2) is 11.0. The molecule has 1 aliphatic rings. The zero-order valence-electron chi connectivity index (χ0n) is 18.8. The number of hydrogen-bond donors (Lipinski definition) is 2. The van der Waals surface area contributed by atoms with Crippen molar-refractivity contribution in [2.75, 3.05) is 44.6 Å². The highest BCUT2D eigenvalue weighted by molar-refractivity contribution is 5.95. The maximum absolute atomic E-state index is 13.7. The van der Waals surface area contributed by atoms with Gasteiger partial charge >= 0.3 is 0 Å². The molecule has 7 nitrogen and oxygen atoms in total. The fourth-order valence-corrected chi connectivity index (χ4v) is 3.76. The third kappa shape index (κ3) is 6.58. The number of amides is 3. The van der Waals surface area contributed by atoms with Crippen molar-refractivity contribution in [1.82, 2.24) is 15.1 Å². The molecule has 3 rings (SSSR count). The molecule has 1 fully saturated rings. The molecular formula is C24H28F2N4O3. The van der Waals surface area contributed by atoms with Crippen molar-refractivity contribution in [1.29, 1.82) is 0 Å². The van der Waals surface area contributed by atoms with Gasteiger partial charge in [0.05, 0.1) is 12.1 Å². The molecule has 3 amide bonds. The Balaban J connectivity index is 1.39. The van der Waals surface area contributed by atoms with Gasteiger partial charge in [0.1, 0.15) is 11.6 Å². The number of aryl methyl sites for hydroxylation is 2. The van der Waals surface area contributed by atoms with Crippen LogP contribution in [0.1, 0.15) is 27.9 Å². The van der Waals surface area contributed by atoms with Crippen LogP contribution in [0.25, 0.3) is 0 Å². The van der Waals surface area contributed by atoms with E-state index in [0.717, 1.165) is 28.9 Å². The molecule has 176 valence electrons. The lowest BCUT2D eigenvalue weighted by Crippen LogP contribution is -2.50. The van der Waals surface area contributed by atoms with Crippen LogP contribution in [0.15, 0.2) is 36.4 Å². The number of piperazine rings is 1. The molecule has 0 radical (unpaired) electrons. The van der Waals surface area contributed by atoms with Crippen molar-refractivity contribution >= 4 is 23.4 Å². The van der Waals surface area contributed by atoms with Gasteiger partial charge < -0.3 is 15.5 Å². The van der Waals surface area contributed by atoms with Crippen LogP contribution >= 0.6 is 0 Å². The number of hydrogen-bond acceptors (Lipinski definition) is 4. The zero-order chi connectivity index (χ0) is 24.0. The Morgan fingerprint density at radius 3 is 2.27 bits per heavy atom. The predicted molar refractivity (Wildman–Crippen MR) is 121 cm³/mol. The summed E-state index contributed by atoms with van der Waals surface area (Å²) in [6, 6.07) is 8.56. The van der Waals surface area contributed by atoms with E-state index >= 15 is 0 Å². The van der Waals surface area contributed by atoms with E-state index < -0.39 is 17.5 Å². The Labute approximate surface area is 191 Å². The lowest BCUT2D eigenvalue weighted by molar-refractivity contribution is -0.132. The van der Waals surface area contributed by atoms with E-state index in [0.29, 0.717) is 32.2 Å². The van der Waals surface area contributed by atoms with Gasteiger partial charge in [-0.2, -0.15) is 0 Å². The van der Waals surface area contributed by atoms with E-state index in [-0.39, 0.29) is 36.9 Å². The van der Waals surface area contributed by atoms with Gasteiger partial charge in [0.25, 0.3) is 5.91 Å². The molecule has 2 N–H and O–H groups in total. The molecule has 0 aromatic heterocycles. The minimum Gasteiger partial charge on any atom is -0.351 e. The van der Waals surface area contributed by atoms with E-state index in [1.54, 1.807) is 4.90 Å². The Morgan fingerprint density at radius 2 is 1.64 bits per heavy atom. The minimum absolute atomic E-state index is 0.0485. The molecule has 0 bridgehead atoms. The summed E-state index contributed by atoms with van der Waals surface area (Å²) in [4.78, 5) is 40.6. The Kier molecular flexibility index (Phi) is 8.11. The van der Waals surface area contributed by atoms with E-state index in [9.17, 15) is 23.2 Å². The van der Waals surface area contributed by atoms with Crippen LogP contribution < -0.4 is 10.6 Å². The molecule has 1 saturated heterocycles. The molecule has 1 heterocycles. The van der Waals surface area contributed by atoms with Crippen molar-refractivity contribution in [3.05, 3.63) is 64.7 Å². The van der Waals surface area contributed by atoms with Gasteiger partial charge in [-0.1, -0.05) is 18.2 Å². The number of carbonyl (C=O) groups is 3. The van der Waals surface area contributed by atoms with Crippen molar-refractivity contribution in [2.24, 2.45) is 0 Å². The summed E-state index contributed by atoms with van der Waals surface area (Å²) in [5.74, 6) is -2.63. The number of nitrogens with zero attached hydrogens (tertiary/aromatic N) is 2. The van der Waals surface area contributed by atoms with Gasteiger partial charge in [-0.05, 0) is 37.1 Å². The first-order valence-corrected chi connectivity index (χ1v) is 10.8. The average Bonchev–Trinajstić information content (AvgIpc) is 2.76. The van der Waals surface area contributed by atoms with Crippen LogP contribution in [0.2, 0.25) is 0 Å². The van der Waals surface area contributed by atoms with Gasteiger partial charge in [0.15, 0.2) is 0 Å². The smallest absolute Gasteiger partial charge is 0.254 e. The van der Waals surface area contributed by atoms with Crippen molar-refractivity contribution in [3.8, 4) is 0 Å². The number of carbonyl (C=O) groups excluding carboxylic acids is 3. The zero-order valence-corrected chi connectivity index (χ0v) is 18.8. The minimum atomic E-state index is -0.948. The molecule has 33 heavy (non-hydrogen) atoms. The number of rotatable bonds is 7. The molecule has 9 heteroatoms. The second-order valence-corrected chi connectivity index (χ2v) is 8.10. The predicted octanol–water partition coefficient (Wildman–Crippen LogP) is 2.48. The topological polar surface area (TPSA) is 81.8 Å². The van der Waals surface area contributed by atoms with Crippen LogP contribution in [-0.2, 0) is 9.59 Å². The van der Waals surface area contributed by atoms with Crippen LogP contribution in [0.5, 0.6) is 0 Å². The molecular weight excluding hydrogens is 430 g/mol. The van der Waals surface area contributed by atoms with E-state index in [4.69, 9.17) is 0 Å². The Hall–Kier alpha value is -3.33. The maximum Gasteiger partial charge on any atom is 0.254 e. The summed E-state index contributed by atoms with van der Waals surface area (Å²) in [5, 5.41) is 5.45. The molecule has 0 saturated carbocycles. The quantitative estimate of drug-likeness (QED) is 0.668. The standard InChI is InChI=1S/C24H28F2N4O3/c1-16-4-3-5-17(2)23(16)28-21(31)15-29-10-12-30(13-11-29)22(32)8-9-27-24(33)19-7-6-18(25)14-20(19)26/h3-7,14H,8-13,15H2,1-2H3,(H,27,33)(H,28,31). The van der Waals surface area contributed by atoms with E-state index in [2.05, 4.69) is 10.6 Å². The van der Waals surface area contributed by atoms with Crippen molar-refractivity contribution in [3.63, 3.8) is 0 Å². The monoisotopic (exact) mass is 458 g/mol. The second-order valence-electron chi connectivity index (χ2n) is 8.10. The summed E-state index contributed by atoms with van der Waals surface area (Å²) in [7, 11) is 0. The van der Waals surface area contributed by atoms with Gasteiger partial charge in [-0.15, -0.1) is 0 Å². The third-order valence-corrected chi connectivity index (χ3v) is 5.64. The highest BCUT2D eigenvalue weighted by Crippen LogP contribution is 2.19. The third-order valence-electron chi connectivity index (χ3n) is 5.64. The molecule has 0 unspecified atom stereocenters. The van der Waals surface area contributed by atoms with Crippen LogP contribution in [0.4, 0.5) is 14.5 Å². The molecule has 0 atom stereocenters. The number of benzene rings is 2. The van der Waals surface area contributed by atoms with Gasteiger partial charge in [-0.25, -0.2) is 8.78 Å². The van der Waals surface area contributed by atoms with Crippen molar-refractivity contribution < 1.29 is 23.2 Å². The lowest BCUT2D eigenvalue weighted by atomic mass is 10.1. The molecule has 0 spiro atoms. The van der Waals surface area contributed by atoms with E-state index in [1.807, 2.05) is 36.9 Å². The normalized spacial score (nSPS) is 14.1. The summed E-state index contributed by atoms with van der Waals surface area (Å²) in [5.41, 5.74) is 2.58. The fraction of sp³-hybridized carbons (Fsp3) is 0.375. The summed E-state index contributed by atoms with van der Waals surface area (Å²) < 4.78 is 26.6. The van der Waals surface area contributed by atoms with Crippen LogP contribution in [0.3, 0.4) is 0 Å². The van der Waals surface area contributed by atoms with Crippen LogP contribution in [-0.4, -0.2) is 66.8 Å². The lowest BCUT2D eigenvalue weighted by Gasteiger charge is -2.34. The fourth-order valence-electron chi connectivity index (χ4n) is 3.76. The largest absolute Gasteiger partial charge is 0.351 e. The highest BCUT2D eigenvalue weighted by Gasteiger charge is 2.23. The number of para-hydroxylation sites is 1. The first-order chi connectivity index (χ1) is 15.7. The number of nitrogens with one attached hydrogen (secondary N) is 2. The van der Waals surface area contributed by atoms with E-state index in [1.165, 1.54) is 0 Å². The number of anilines is 1.